The molecule has 0 heterocycles. The van der Waals surface area contributed by atoms with Crippen LogP contribution in [-0.4, -0.2) is 7.11 Å². The van der Waals surface area contributed by atoms with E-state index in [1.165, 1.54) is 0 Å². The molecule has 0 N–H and O–H groups in total. The molecule has 0 aliphatic rings. The number of methoxy groups -OCH3 is 1. The van der Waals surface area contributed by atoms with Crippen LogP contribution in [0.2, 0.25) is 0 Å². The molecule has 0 aliphatic carbocycles. The number of nitrogens with zero attached hydrogens (tertiary/aromatic N) is 1. The number of ether oxygens (including phenoxy) is 1. The summed E-state index contributed by atoms with van der Waals surface area (Å²) in [5.74, 6) is 0.836. The number of hydrogen-bond acceptors (Lipinski definition) is 2. The molecule has 0 radical (unpaired) electrons. The van der Waals surface area contributed by atoms with Crippen LogP contribution in [0.25, 0.3) is 0 Å². The summed E-state index contributed by atoms with van der Waals surface area (Å²) >= 11 is 2.20. The van der Waals surface area contributed by atoms with Crippen molar-refractivity contribution >= 4 is 22.6 Å². The monoisotopic (exact) mass is 273 g/mol. The maximum absolute atomic E-state index is 8.46. The molecule has 0 amide bonds. The quantitative estimate of drug-likeness (QED) is 0.775. The second kappa shape index (κ2) is 4.31. The van der Waals surface area contributed by atoms with E-state index in [9.17, 15) is 0 Å². The van der Waals surface area contributed by atoms with Crippen molar-refractivity contribution < 1.29 is 4.74 Å². The number of halogens is 1. The molecule has 3 heteroatoms. The van der Waals surface area contributed by atoms with Gasteiger partial charge in [0.15, 0.2) is 0 Å². The topological polar surface area (TPSA) is 33.0 Å². The third-order valence-corrected chi connectivity index (χ3v) is 2.39. The van der Waals surface area contributed by atoms with E-state index in [1.807, 2.05) is 18.2 Å². The molecule has 0 aromatic heterocycles. The maximum Gasteiger partial charge on any atom is 0.132 e. The third-order valence-electron chi connectivity index (χ3n) is 1.50. The molecule has 0 saturated carbocycles. The van der Waals surface area contributed by atoms with Gasteiger partial charge in [0.05, 0.1) is 23.2 Å². The van der Waals surface area contributed by atoms with Gasteiger partial charge in [0.25, 0.3) is 0 Å². The Bertz CT molecular complexity index is 317. The lowest BCUT2D eigenvalue weighted by molar-refractivity contribution is 0.411. The Morgan fingerprint density at radius 3 is 2.92 bits per heavy atom. The lowest BCUT2D eigenvalue weighted by Gasteiger charge is -2.03. The molecule has 62 valence electrons. The van der Waals surface area contributed by atoms with Crippen LogP contribution < -0.4 is 4.74 Å². The predicted octanol–water partition coefficient (Wildman–Crippen LogP) is 2.37. The van der Waals surface area contributed by atoms with Crippen LogP contribution >= 0.6 is 22.6 Å². The molecule has 1 rings (SSSR count). The summed E-state index contributed by atoms with van der Waals surface area (Å²) in [6.07, 6.45) is 0.438. The number of hydrogen-bond donors (Lipinski definition) is 0. The normalized spacial score (nSPS) is 9.08. The van der Waals surface area contributed by atoms with Gasteiger partial charge in [0.2, 0.25) is 0 Å². The SMILES string of the molecule is COc1cc(CC#N)ccc1I. The Kier molecular flexibility index (Phi) is 3.35. The van der Waals surface area contributed by atoms with Crippen LogP contribution in [0.15, 0.2) is 18.2 Å². The fraction of sp³-hybridized carbons (Fsp3) is 0.222. The highest BCUT2D eigenvalue weighted by Crippen LogP contribution is 2.21. The number of rotatable bonds is 2. The van der Waals surface area contributed by atoms with E-state index >= 15 is 0 Å². The lowest BCUT2D eigenvalue weighted by atomic mass is 10.2. The summed E-state index contributed by atoms with van der Waals surface area (Å²) < 4.78 is 6.18. The minimum atomic E-state index is 0.438. The third kappa shape index (κ3) is 2.11. The molecular formula is C9H8INO. The Hall–Kier alpha value is -0.760. The van der Waals surface area contributed by atoms with E-state index in [-0.39, 0.29) is 0 Å². The zero-order chi connectivity index (χ0) is 8.97. The van der Waals surface area contributed by atoms with Crippen molar-refractivity contribution in [2.75, 3.05) is 7.11 Å². The molecule has 1 aromatic carbocycles. The molecular weight excluding hydrogens is 265 g/mol. The van der Waals surface area contributed by atoms with Gasteiger partial charge in [-0.05, 0) is 40.3 Å². The summed E-state index contributed by atoms with van der Waals surface area (Å²) in [5.41, 5.74) is 0.995. The average molecular weight is 273 g/mol. The minimum absolute atomic E-state index is 0.438. The first-order chi connectivity index (χ1) is 5.77. The molecule has 0 unspecified atom stereocenters. The first kappa shape index (κ1) is 9.33. The summed E-state index contributed by atoms with van der Waals surface area (Å²) in [4.78, 5) is 0. The van der Waals surface area contributed by atoms with Crippen LogP contribution in [0.1, 0.15) is 5.56 Å². The second-order valence-electron chi connectivity index (χ2n) is 2.30. The van der Waals surface area contributed by atoms with Crippen LogP contribution in [-0.2, 0) is 6.42 Å². The smallest absolute Gasteiger partial charge is 0.132 e. The highest BCUT2D eigenvalue weighted by atomic mass is 127. The maximum atomic E-state index is 8.46. The molecule has 0 saturated heterocycles. The molecule has 0 aliphatic heterocycles. The molecule has 0 atom stereocenters. The van der Waals surface area contributed by atoms with Crippen LogP contribution in [0.4, 0.5) is 0 Å². The molecule has 2 nitrogen and oxygen atoms in total. The summed E-state index contributed by atoms with van der Waals surface area (Å²) in [6, 6.07) is 7.88. The molecule has 0 bridgehead atoms. The highest BCUT2D eigenvalue weighted by molar-refractivity contribution is 14.1. The van der Waals surface area contributed by atoms with Gasteiger partial charge in [0, 0.05) is 0 Å². The molecule has 12 heavy (non-hydrogen) atoms. The van der Waals surface area contributed by atoms with Gasteiger partial charge in [-0.1, -0.05) is 6.07 Å². The van der Waals surface area contributed by atoms with Gasteiger partial charge in [-0.3, -0.25) is 0 Å². The van der Waals surface area contributed by atoms with Gasteiger partial charge in [-0.2, -0.15) is 5.26 Å². The van der Waals surface area contributed by atoms with Crippen molar-refractivity contribution in [1.29, 1.82) is 5.26 Å². The Morgan fingerprint density at radius 2 is 2.33 bits per heavy atom. The number of nitriles is 1. The average Bonchev–Trinajstić information content (AvgIpc) is 2.09. The van der Waals surface area contributed by atoms with Gasteiger partial charge < -0.3 is 4.74 Å². The van der Waals surface area contributed by atoms with E-state index in [1.54, 1.807) is 7.11 Å². The lowest BCUT2D eigenvalue weighted by Crippen LogP contribution is -1.89. The second-order valence-corrected chi connectivity index (χ2v) is 3.47. The zero-order valence-corrected chi connectivity index (χ0v) is 8.83. The molecule has 1 aromatic rings. The standard InChI is InChI=1S/C9H8INO/c1-12-9-6-7(4-5-11)2-3-8(9)10/h2-3,6H,4H2,1H3. The van der Waals surface area contributed by atoms with Crippen LogP contribution in [0.5, 0.6) is 5.75 Å². The van der Waals surface area contributed by atoms with E-state index < -0.39 is 0 Å². The Balaban J connectivity index is 2.98. The molecule has 0 spiro atoms. The summed E-state index contributed by atoms with van der Waals surface area (Å²) in [7, 11) is 1.63. The largest absolute Gasteiger partial charge is 0.496 e. The van der Waals surface area contributed by atoms with Gasteiger partial charge in [0.1, 0.15) is 5.75 Å². The fourth-order valence-electron chi connectivity index (χ4n) is 0.905. The van der Waals surface area contributed by atoms with Crippen molar-refractivity contribution in [1.82, 2.24) is 0 Å². The minimum Gasteiger partial charge on any atom is -0.496 e. The zero-order valence-electron chi connectivity index (χ0n) is 6.67. The Labute approximate surface area is 85.3 Å². The van der Waals surface area contributed by atoms with Crippen molar-refractivity contribution in [2.24, 2.45) is 0 Å². The van der Waals surface area contributed by atoms with Crippen molar-refractivity contribution in [3.63, 3.8) is 0 Å². The highest BCUT2D eigenvalue weighted by Gasteiger charge is 2.00. The van der Waals surface area contributed by atoms with Crippen LogP contribution in [0.3, 0.4) is 0 Å². The van der Waals surface area contributed by atoms with Gasteiger partial charge in [-0.25, -0.2) is 0 Å². The van der Waals surface area contributed by atoms with Crippen molar-refractivity contribution in [2.45, 2.75) is 6.42 Å². The van der Waals surface area contributed by atoms with Crippen molar-refractivity contribution in [3.05, 3.63) is 27.3 Å². The summed E-state index contributed by atoms with van der Waals surface area (Å²) in [5, 5.41) is 8.46. The summed E-state index contributed by atoms with van der Waals surface area (Å²) in [6.45, 7) is 0. The van der Waals surface area contributed by atoms with Gasteiger partial charge in [-0.15, -0.1) is 0 Å². The van der Waals surface area contributed by atoms with E-state index in [4.69, 9.17) is 10.00 Å². The van der Waals surface area contributed by atoms with Crippen molar-refractivity contribution in [3.8, 4) is 11.8 Å². The van der Waals surface area contributed by atoms with Crippen LogP contribution in [0, 0.1) is 14.9 Å². The molecule has 0 fully saturated rings. The number of benzene rings is 1. The van der Waals surface area contributed by atoms with E-state index in [0.29, 0.717) is 6.42 Å². The first-order valence-electron chi connectivity index (χ1n) is 3.47. The van der Waals surface area contributed by atoms with Gasteiger partial charge >= 0.3 is 0 Å². The Morgan fingerprint density at radius 1 is 1.58 bits per heavy atom. The first-order valence-corrected chi connectivity index (χ1v) is 4.55. The van der Waals surface area contributed by atoms with E-state index in [2.05, 4.69) is 28.7 Å². The fourth-order valence-corrected chi connectivity index (χ4v) is 1.46. The predicted molar refractivity (Wildman–Crippen MR) is 55.0 cm³/mol. The van der Waals surface area contributed by atoms with E-state index in [0.717, 1.165) is 14.9 Å².